The van der Waals surface area contributed by atoms with Gasteiger partial charge in [-0.3, -0.25) is 0 Å². The Labute approximate surface area is 115 Å². The molecular weight excluding hydrogens is 240 g/mol. The lowest BCUT2D eigenvalue weighted by atomic mass is 10.0. The van der Waals surface area contributed by atoms with Crippen molar-refractivity contribution in [3.8, 4) is 0 Å². The van der Waals surface area contributed by atoms with E-state index in [0.717, 1.165) is 26.1 Å². The highest BCUT2D eigenvalue weighted by molar-refractivity contribution is 7.99. The Balaban J connectivity index is 1.86. The smallest absolute Gasteiger partial charge is 0.0104 e. The molecule has 0 radical (unpaired) electrons. The summed E-state index contributed by atoms with van der Waals surface area (Å²) in [5.41, 5.74) is 3.06. The second kappa shape index (κ2) is 7.17. The van der Waals surface area contributed by atoms with Crippen LogP contribution in [0.2, 0.25) is 0 Å². The van der Waals surface area contributed by atoms with E-state index >= 15 is 0 Å². The molecule has 2 rings (SSSR count). The molecule has 3 heteroatoms. The minimum atomic E-state index is 1.07. The minimum Gasteiger partial charge on any atom is -0.318 e. The summed E-state index contributed by atoms with van der Waals surface area (Å²) in [6, 6.07) is 7.05. The van der Waals surface area contributed by atoms with Gasteiger partial charge in [0.2, 0.25) is 0 Å². The van der Waals surface area contributed by atoms with Crippen molar-refractivity contribution in [2.45, 2.75) is 24.2 Å². The first-order chi connectivity index (χ1) is 8.79. The lowest BCUT2D eigenvalue weighted by Crippen LogP contribution is -2.29. The number of benzene rings is 1. The van der Waals surface area contributed by atoms with Gasteiger partial charge in [-0.25, -0.2) is 0 Å². The minimum absolute atomic E-state index is 1.07. The van der Waals surface area contributed by atoms with Gasteiger partial charge in [-0.05, 0) is 56.3 Å². The van der Waals surface area contributed by atoms with E-state index in [0.29, 0.717) is 0 Å². The highest BCUT2D eigenvalue weighted by Gasteiger charge is 2.10. The van der Waals surface area contributed by atoms with Crippen LogP contribution in [0.15, 0.2) is 23.1 Å². The SMILES string of the molecule is CNCCN(C)CCc1ccc2c(c1)CCCS2. The van der Waals surface area contributed by atoms with Gasteiger partial charge < -0.3 is 10.2 Å². The molecule has 1 aromatic carbocycles. The molecule has 0 bridgehead atoms. The molecule has 1 N–H and O–H groups in total. The Morgan fingerprint density at radius 3 is 3.06 bits per heavy atom. The van der Waals surface area contributed by atoms with Gasteiger partial charge in [-0.1, -0.05) is 12.1 Å². The number of nitrogens with one attached hydrogen (secondary N) is 1. The third-order valence-corrected chi connectivity index (χ3v) is 4.70. The Hall–Kier alpha value is -0.510. The maximum Gasteiger partial charge on any atom is 0.0104 e. The van der Waals surface area contributed by atoms with Crippen LogP contribution in [0.1, 0.15) is 17.5 Å². The summed E-state index contributed by atoms with van der Waals surface area (Å²) in [6.07, 6.45) is 3.77. The van der Waals surface area contributed by atoms with Crippen LogP contribution < -0.4 is 5.32 Å². The summed E-state index contributed by atoms with van der Waals surface area (Å²) in [4.78, 5) is 3.90. The van der Waals surface area contributed by atoms with Crippen LogP contribution in [0.4, 0.5) is 0 Å². The first-order valence-corrected chi connectivity index (χ1v) is 7.86. The monoisotopic (exact) mass is 264 g/mol. The molecule has 0 atom stereocenters. The number of hydrogen-bond donors (Lipinski definition) is 1. The number of aryl methyl sites for hydroxylation is 1. The quantitative estimate of drug-likeness (QED) is 0.849. The van der Waals surface area contributed by atoms with Gasteiger partial charge in [0, 0.05) is 24.5 Å². The molecule has 1 aromatic rings. The molecule has 0 amide bonds. The second-order valence-corrected chi connectivity index (χ2v) is 6.19. The summed E-state index contributed by atoms with van der Waals surface area (Å²) < 4.78 is 0. The molecule has 2 nitrogen and oxygen atoms in total. The molecule has 1 heterocycles. The summed E-state index contributed by atoms with van der Waals surface area (Å²) in [7, 11) is 4.21. The fraction of sp³-hybridized carbons (Fsp3) is 0.600. The Bertz CT molecular complexity index is 379. The number of hydrogen-bond acceptors (Lipinski definition) is 3. The van der Waals surface area contributed by atoms with Crippen molar-refractivity contribution in [3.05, 3.63) is 29.3 Å². The maximum atomic E-state index is 3.19. The van der Waals surface area contributed by atoms with Gasteiger partial charge in [0.15, 0.2) is 0 Å². The molecule has 18 heavy (non-hydrogen) atoms. The van der Waals surface area contributed by atoms with E-state index in [2.05, 4.69) is 35.5 Å². The third kappa shape index (κ3) is 4.01. The summed E-state index contributed by atoms with van der Waals surface area (Å²) in [6.45, 7) is 3.34. The topological polar surface area (TPSA) is 15.3 Å². The van der Waals surface area contributed by atoms with Crippen LogP contribution in [0.3, 0.4) is 0 Å². The number of nitrogens with zero attached hydrogens (tertiary/aromatic N) is 1. The Morgan fingerprint density at radius 1 is 1.33 bits per heavy atom. The van der Waals surface area contributed by atoms with Gasteiger partial charge in [0.1, 0.15) is 0 Å². The van der Waals surface area contributed by atoms with Gasteiger partial charge in [-0.15, -0.1) is 11.8 Å². The van der Waals surface area contributed by atoms with Gasteiger partial charge >= 0.3 is 0 Å². The average Bonchev–Trinajstić information content (AvgIpc) is 2.42. The fourth-order valence-corrected chi connectivity index (χ4v) is 3.32. The second-order valence-electron chi connectivity index (χ2n) is 5.05. The lowest BCUT2D eigenvalue weighted by Gasteiger charge is -2.18. The van der Waals surface area contributed by atoms with Crippen molar-refractivity contribution in [1.29, 1.82) is 0 Å². The van der Waals surface area contributed by atoms with Crippen molar-refractivity contribution < 1.29 is 0 Å². The average molecular weight is 264 g/mol. The normalized spacial score (nSPS) is 14.8. The summed E-state index contributed by atoms with van der Waals surface area (Å²) in [5, 5.41) is 3.19. The largest absolute Gasteiger partial charge is 0.318 e. The fourth-order valence-electron chi connectivity index (χ4n) is 2.30. The van der Waals surface area contributed by atoms with Gasteiger partial charge in [-0.2, -0.15) is 0 Å². The zero-order chi connectivity index (χ0) is 12.8. The number of rotatable bonds is 6. The van der Waals surface area contributed by atoms with E-state index in [1.165, 1.54) is 29.1 Å². The van der Waals surface area contributed by atoms with E-state index in [1.54, 1.807) is 5.56 Å². The zero-order valence-corrected chi connectivity index (χ0v) is 12.4. The molecule has 100 valence electrons. The molecule has 0 aliphatic carbocycles. The van der Waals surface area contributed by atoms with Crippen LogP contribution in [0.25, 0.3) is 0 Å². The molecule has 0 saturated carbocycles. The summed E-state index contributed by atoms with van der Waals surface area (Å²) >= 11 is 2.01. The molecule has 0 fully saturated rings. The maximum absolute atomic E-state index is 3.19. The molecular formula is C15H24N2S. The first-order valence-electron chi connectivity index (χ1n) is 6.87. The third-order valence-electron chi connectivity index (χ3n) is 3.50. The van der Waals surface area contributed by atoms with Crippen LogP contribution in [0, 0.1) is 0 Å². The van der Waals surface area contributed by atoms with Crippen molar-refractivity contribution in [2.24, 2.45) is 0 Å². The number of thioether (sulfide) groups is 1. The molecule has 1 aliphatic rings. The summed E-state index contributed by atoms with van der Waals surface area (Å²) in [5.74, 6) is 1.29. The van der Waals surface area contributed by atoms with Crippen molar-refractivity contribution in [3.63, 3.8) is 0 Å². The first kappa shape index (κ1) is 13.9. The molecule has 0 unspecified atom stereocenters. The molecule has 1 aliphatic heterocycles. The predicted octanol–water partition coefficient (Wildman–Crippen LogP) is 2.42. The van der Waals surface area contributed by atoms with E-state index in [-0.39, 0.29) is 0 Å². The molecule has 0 aromatic heterocycles. The number of likely N-dealkylation sites (N-methyl/N-ethyl adjacent to an activating group) is 2. The predicted molar refractivity (Wildman–Crippen MR) is 80.6 cm³/mol. The van der Waals surface area contributed by atoms with Crippen molar-refractivity contribution in [2.75, 3.05) is 39.5 Å². The standard InChI is InChI=1S/C15H24N2S/c1-16-8-10-17(2)9-7-13-5-6-15-14(12-13)4-3-11-18-15/h5-6,12,16H,3-4,7-11H2,1-2H3. The van der Waals surface area contributed by atoms with Gasteiger partial charge in [0.05, 0.1) is 0 Å². The van der Waals surface area contributed by atoms with E-state index in [4.69, 9.17) is 0 Å². The number of fused-ring (bicyclic) bond motifs is 1. The van der Waals surface area contributed by atoms with E-state index in [9.17, 15) is 0 Å². The zero-order valence-electron chi connectivity index (χ0n) is 11.5. The highest BCUT2D eigenvalue weighted by atomic mass is 32.2. The van der Waals surface area contributed by atoms with Crippen LogP contribution in [-0.4, -0.2) is 44.4 Å². The van der Waals surface area contributed by atoms with Crippen molar-refractivity contribution in [1.82, 2.24) is 10.2 Å². The van der Waals surface area contributed by atoms with Crippen LogP contribution in [-0.2, 0) is 12.8 Å². The molecule has 0 saturated heterocycles. The lowest BCUT2D eigenvalue weighted by molar-refractivity contribution is 0.339. The Morgan fingerprint density at radius 2 is 2.22 bits per heavy atom. The van der Waals surface area contributed by atoms with Crippen molar-refractivity contribution >= 4 is 11.8 Å². The van der Waals surface area contributed by atoms with Crippen LogP contribution >= 0.6 is 11.8 Å². The van der Waals surface area contributed by atoms with Crippen LogP contribution in [0.5, 0.6) is 0 Å². The molecule has 0 spiro atoms. The highest BCUT2D eigenvalue weighted by Crippen LogP contribution is 2.30. The van der Waals surface area contributed by atoms with Gasteiger partial charge in [0.25, 0.3) is 0 Å². The van der Waals surface area contributed by atoms with E-state index in [1.807, 2.05) is 18.8 Å². The Kier molecular flexibility index (Phi) is 5.54. The van der Waals surface area contributed by atoms with E-state index < -0.39 is 0 Å².